The quantitative estimate of drug-likeness (QED) is 0.621. The molecule has 1 fully saturated rings. The van der Waals surface area contributed by atoms with Gasteiger partial charge in [-0.1, -0.05) is 42.1 Å². The van der Waals surface area contributed by atoms with E-state index in [0.29, 0.717) is 11.2 Å². The van der Waals surface area contributed by atoms with Crippen LogP contribution in [-0.2, 0) is 4.79 Å². The third kappa shape index (κ3) is 3.89. The van der Waals surface area contributed by atoms with Gasteiger partial charge in [0.25, 0.3) is 0 Å². The van der Waals surface area contributed by atoms with Gasteiger partial charge in [-0.2, -0.15) is 0 Å². The zero-order valence-corrected chi connectivity index (χ0v) is 15.7. The minimum Gasteiger partial charge on any atom is -0.351 e. The number of imide groups is 1. The number of carbonyl (C=O) groups is 2. The van der Waals surface area contributed by atoms with E-state index in [1.165, 1.54) is 11.8 Å². The number of carbonyl (C=O) groups excluding carboxylic acids is 2. The molecule has 142 valence electrons. The van der Waals surface area contributed by atoms with Crippen LogP contribution in [0.25, 0.3) is 11.4 Å². The number of urea groups is 1. The zero-order chi connectivity index (χ0) is 19.5. The van der Waals surface area contributed by atoms with E-state index in [1.807, 2.05) is 42.5 Å². The minimum absolute atomic E-state index is 0.295. The number of rotatable bonds is 6. The molecule has 2 heterocycles. The van der Waals surface area contributed by atoms with Crippen LogP contribution in [0.15, 0.2) is 60.0 Å². The average Bonchev–Trinajstić information content (AvgIpc) is 3.46. The molecule has 1 aliphatic rings. The second kappa shape index (κ2) is 7.81. The summed E-state index contributed by atoms with van der Waals surface area (Å²) in [7, 11) is 0. The van der Waals surface area contributed by atoms with E-state index in [4.69, 9.17) is 5.73 Å². The van der Waals surface area contributed by atoms with Crippen molar-refractivity contribution >= 4 is 23.7 Å². The molecule has 1 saturated carbocycles. The van der Waals surface area contributed by atoms with Gasteiger partial charge in [-0.05, 0) is 30.5 Å². The normalized spacial score (nSPS) is 14.4. The van der Waals surface area contributed by atoms with Crippen LogP contribution >= 0.6 is 11.8 Å². The van der Waals surface area contributed by atoms with E-state index in [2.05, 4.69) is 25.1 Å². The Hall–Kier alpha value is -3.20. The van der Waals surface area contributed by atoms with E-state index < -0.39 is 17.2 Å². The molecule has 0 spiro atoms. The van der Waals surface area contributed by atoms with Crippen molar-refractivity contribution in [3.63, 3.8) is 0 Å². The van der Waals surface area contributed by atoms with Gasteiger partial charge in [0.05, 0.1) is 0 Å². The second-order valence-corrected chi connectivity index (χ2v) is 7.48. The van der Waals surface area contributed by atoms with Gasteiger partial charge >= 0.3 is 6.03 Å². The Bertz CT molecular complexity index is 988. The van der Waals surface area contributed by atoms with Gasteiger partial charge in [0, 0.05) is 24.0 Å². The number of pyridine rings is 1. The molecule has 3 N–H and O–H groups in total. The van der Waals surface area contributed by atoms with Crippen LogP contribution in [-0.4, -0.2) is 31.7 Å². The highest BCUT2D eigenvalue weighted by molar-refractivity contribution is 8.00. The van der Waals surface area contributed by atoms with Gasteiger partial charge in [0.1, 0.15) is 5.25 Å². The summed E-state index contributed by atoms with van der Waals surface area (Å²) < 4.78 is 2.05. The maximum atomic E-state index is 12.6. The van der Waals surface area contributed by atoms with Crippen LogP contribution < -0.4 is 11.1 Å². The number of hydrogen-bond donors (Lipinski definition) is 2. The number of amides is 3. The van der Waals surface area contributed by atoms with E-state index in [9.17, 15) is 9.59 Å². The average molecular weight is 394 g/mol. The van der Waals surface area contributed by atoms with Crippen LogP contribution in [0.3, 0.4) is 0 Å². The maximum absolute atomic E-state index is 12.6. The molecule has 0 aliphatic heterocycles. The Labute approximate surface area is 165 Å². The minimum atomic E-state index is -0.883. The van der Waals surface area contributed by atoms with E-state index >= 15 is 0 Å². The number of nitrogens with zero attached hydrogens (tertiary/aromatic N) is 4. The molecule has 1 aliphatic carbocycles. The van der Waals surface area contributed by atoms with Crippen LogP contribution in [0, 0.1) is 0 Å². The molecule has 0 saturated heterocycles. The largest absolute Gasteiger partial charge is 0.351 e. The van der Waals surface area contributed by atoms with Crippen molar-refractivity contribution in [3.05, 3.63) is 60.4 Å². The molecule has 28 heavy (non-hydrogen) atoms. The summed E-state index contributed by atoms with van der Waals surface area (Å²) in [4.78, 5) is 28.0. The van der Waals surface area contributed by atoms with Crippen molar-refractivity contribution in [2.24, 2.45) is 5.73 Å². The Morgan fingerprint density at radius 1 is 1.14 bits per heavy atom. The Morgan fingerprint density at radius 2 is 1.93 bits per heavy atom. The molecule has 3 aromatic rings. The first-order valence-electron chi connectivity index (χ1n) is 8.80. The molecule has 4 rings (SSSR count). The van der Waals surface area contributed by atoms with Crippen molar-refractivity contribution in [1.29, 1.82) is 0 Å². The van der Waals surface area contributed by atoms with Crippen molar-refractivity contribution in [1.82, 2.24) is 25.1 Å². The number of nitrogens with one attached hydrogen (secondary N) is 1. The lowest BCUT2D eigenvalue weighted by Gasteiger charge is -2.16. The lowest BCUT2D eigenvalue weighted by Crippen LogP contribution is -2.37. The predicted octanol–water partition coefficient (Wildman–Crippen LogP) is 2.70. The number of benzene rings is 1. The van der Waals surface area contributed by atoms with Gasteiger partial charge in [-0.25, -0.2) is 4.79 Å². The SMILES string of the molecule is NC(=O)NC(=O)[C@@H](Sc1nnc(-c2cccnc2)n1C1CC1)c1ccccc1. The fourth-order valence-electron chi connectivity index (χ4n) is 2.90. The van der Waals surface area contributed by atoms with E-state index in [-0.39, 0.29) is 0 Å². The summed E-state index contributed by atoms with van der Waals surface area (Å²) in [6, 6.07) is 12.4. The molecule has 3 amide bonds. The summed E-state index contributed by atoms with van der Waals surface area (Å²) >= 11 is 1.25. The Balaban J connectivity index is 1.70. The first-order chi connectivity index (χ1) is 13.6. The maximum Gasteiger partial charge on any atom is 0.318 e. The number of nitrogens with two attached hydrogens (primary N) is 1. The van der Waals surface area contributed by atoms with Crippen LogP contribution in [0.5, 0.6) is 0 Å². The van der Waals surface area contributed by atoms with Gasteiger partial charge < -0.3 is 5.73 Å². The summed E-state index contributed by atoms with van der Waals surface area (Å²) in [6.07, 6.45) is 5.51. The molecular formula is C19H18N6O2S. The first kappa shape index (κ1) is 18.2. The van der Waals surface area contributed by atoms with Crippen LogP contribution in [0.2, 0.25) is 0 Å². The highest BCUT2D eigenvalue weighted by Gasteiger charge is 2.33. The lowest BCUT2D eigenvalue weighted by molar-refractivity contribution is -0.119. The molecule has 8 nitrogen and oxygen atoms in total. The monoisotopic (exact) mass is 394 g/mol. The van der Waals surface area contributed by atoms with Gasteiger partial charge in [-0.3, -0.25) is 19.7 Å². The molecular weight excluding hydrogens is 376 g/mol. The topological polar surface area (TPSA) is 116 Å². The van der Waals surface area contributed by atoms with Gasteiger partial charge in [0.15, 0.2) is 11.0 Å². The van der Waals surface area contributed by atoms with Gasteiger partial charge in [0.2, 0.25) is 5.91 Å². The third-order valence-corrected chi connectivity index (χ3v) is 5.52. The standard InChI is InChI=1S/C19H18N6O2S/c20-18(27)22-17(26)15(12-5-2-1-3-6-12)28-19-24-23-16(25(19)14-8-9-14)13-7-4-10-21-11-13/h1-7,10-11,14-15H,8-9H2,(H3,20,22,26,27)/t15-/m0/s1. The predicted molar refractivity (Wildman–Crippen MR) is 104 cm³/mol. The fourth-order valence-corrected chi connectivity index (χ4v) is 4.01. The zero-order valence-electron chi connectivity index (χ0n) is 14.9. The third-order valence-electron chi connectivity index (χ3n) is 4.31. The number of hydrogen-bond acceptors (Lipinski definition) is 6. The summed E-state index contributed by atoms with van der Waals surface area (Å²) in [5, 5.41) is 10.8. The summed E-state index contributed by atoms with van der Waals surface area (Å²) in [5.41, 5.74) is 6.77. The molecule has 1 atom stereocenters. The fraction of sp³-hybridized carbons (Fsp3) is 0.211. The van der Waals surface area contributed by atoms with Crippen molar-refractivity contribution in [3.8, 4) is 11.4 Å². The molecule has 0 unspecified atom stereocenters. The Morgan fingerprint density at radius 3 is 2.57 bits per heavy atom. The van der Waals surface area contributed by atoms with Crippen LogP contribution in [0.1, 0.15) is 29.7 Å². The van der Waals surface area contributed by atoms with Crippen molar-refractivity contribution in [2.75, 3.05) is 0 Å². The molecule has 0 radical (unpaired) electrons. The first-order valence-corrected chi connectivity index (χ1v) is 9.68. The van der Waals surface area contributed by atoms with E-state index in [1.54, 1.807) is 12.4 Å². The number of thioether (sulfide) groups is 1. The van der Waals surface area contributed by atoms with Gasteiger partial charge in [-0.15, -0.1) is 10.2 Å². The number of primary amides is 1. The van der Waals surface area contributed by atoms with Crippen molar-refractivity contribution < 1.29 is 9.59 Å². The van der Waals surface area contributed by atoms with Crippen LogP contribution in [0.4, 0.5) is 4.79 Å². The molecule has 1 aromatic carbocycles. The Kier molecular flexibility index (Phi) is 5.07. The highest BCUT2D eigenvalue weighted by Crippen LogP contribution is 2.44. The van der Waals surface area contributed by atoms with E-state index in [0.717, 1.165) is 29.8 Å². The summed E-state index contributed by atoms with van der Waals surface area (Å²) in [5.74, 6) is 0.234. The molecule has 0 bridgehead atoms. The number of aromatic nitrogens is 4. The highest BCUT2D eigenvalue weighted by atomic mass is 32.2. The second-order valence-electron chi connectivity index (χ2n) is 6.41. The lowest BCUT2D eigenvalue weighted by atomic mass is 10.1. The molecule has 2 aromatic heterocycles. The smallest absolute Gasteiger partial charge is 0.318 e. The molecule has 9 heteroatoms. The van der Waals surface area contributed by atoms with Crippen molar-refractivity contribution in [2.45, 2.75) is 29.3 Å². The summed E-state index contributed by atoms with van der Waals surface area (Å²) in [6.45, 7) is 0.